The molecule has 2 heterocycles. The van der Waals surface area contributed by atoms with Crippen LogP contribution in [0.4, 0.5) is 0 Å². The highest BCUT2D eigenvalue weighted by Crippen LogP contribution is 2.28. The molecule has 0 aliphatic rings. The highest BCUT2D eigenvalue weighted by atomic mass is 16.5. The normalized spacial score (nSPS) is 10.8. The van der Waals surface area contributed by atoms with Crippen LogP contribution in [0.5, 0.6) is 11.5 Å². The van der Waals surface area contributed by atoms with E-state index in [-0.39, 0.29) is 12.5 Å². The fourth-order valence-corrected chi connectivity index (χ4v) is 3.45. The van der Waals surface area contributed by atoms with E-state index in [1.54, 1.807) is 49.6 Å². The lowest BCUT2D eigenvalue weighted by atomic mass is 10.2. The molecule has 2 aromatic heterocycles. The van der Waals surface area contributed by atoms with Crippen molar-refractivity contribution >= 4 is 5.91 Å². The summed E-state index contributed by atoms with van der Waals surface area (Å²) in [5.74, 6) is 2.58. The maximum atomic E-state index is 12.9. The number of methoxy groups -OCH3 is 2. The Morgan fingerprint density at radius 2 is 1.77 bits per heavy atom. The van der Waals surface area contributed by atoms with Crippen LogP contribution in [0.3, 0.4) is 0 Å². The summed E-state index contributed by atoms with van der Waals surface area (Å²) in [6.45, 7) is 0.985. The van der Waals surface area contributed by atoms with Crippen LogP contribution in [0.2, 0.25) is 0 Å². The summed E-state index contributed by atoms with van der Waals surface area (Å²) < 4.78 is 27.1. The Balaban J connectivity index is 1.39. The average molecular weight is 478 g/mol. The molecule has 35 heavy (non-hydrogen) atoms. The molecule has 4 rings (SSSR count). The molecule has 0 aliphatic carbocycles. The zero-order chi connectivity index (χ0) is 24.5. The fourth-order valence-electron chi connectivity index (χ4n) is 3.45. The van der Waals surface area contributed by atoms with Gasteiger partial charge >= 0.3 is 0 Å². The first kappa shape index (κ1) is 24.0. The minimum absolute atomic E-state index is 0.0473. The highest BCUT2D eigenvalue weighted by molar-refractivity contribution is 5.77. The molecule has 0 fully saturated rings. The number of amides is 1. The number of carbonyl (C=O) groups is 1. The zero-order valence-corrected chi connectivity index (χ0v) is 19.7. The summed E-state index contributed by atoms with van der Waals surface area (Å²) >= 11 is 0. The van der Waals surface area contributed by atoms with E-state index in [0.29, 0.717) is 60.7 Å². The molecule has 0 saturated heterocycles. The van der Waals surface area contributed by atoms with E-state index < -0.39 is 0 Å². The van der Waals surface area contributed by atoms with Gasteiger partial charge in [-0.15, -0.1) is 0 Å². The maximum Gasteiger partial charge on any atom is 0.249 e. The second kappa shape index (κ2) is 11.8. The standard InChI is InChI=1S/C26H27N3O6/c1-31-22-13-20(14-23(15-22)32-2)26-27-24(35-28-26)10-11-29(16-21-9-6-12-34-21)25(30)18-33-17-19-7-4-3-5-8-19/h3-9,12-15H,10-11,16-18H2,1-2H3. The number of aromatic nitrogens is 2. The third-order valence-electron chi connectivity index (χ3n) is 5.29. The molecule has 0 aliphatic heterocycles. The third-order valence-corrected chi connectivity index (χ3v) is 5.29. The van der Waals surface area contributed by atoms with Crippen LogP contribution in [0.1, 0.15) is 17.2 Å². The van der Waals surface area contributed by atoms with Crippen LogP contribution in [-0.2, 0) is 29.1 Å². The lowest BCUT2D eigenvalue weighted by molar-refractivity contribution is -0.137. The van der Waals surface area contributed by atoms with Gasteiger partial charge in [0, 0.05) is 24.6 Å². The van der Waals surface area contributed by atoms with Gasteiger partial charge in [0.1, 0.15) is 23.9 Å². The SMILES string of the molecule is COc1cc(OC)cc(-c2noc(CCN(Cc3ccco3)C(=O)COCc3ccccc3)n2)c1. The Bertz CT molecular complexity index is 1180. The molecule has 9 heteroatoms. The molecule has 0 unspecified atom stereocenters. The number of nitrogens with zero attached hydrogens (tertiary/aromatic N) is 3. The monoisotopic (exact) mass is 477 g/mol. The van der Waals surface area contributed by atoms with Crippen molar-refractivity contribution in [3.05, 3.63) is 84.1 Å². The van der Waals surface area contributed by atoms with Gasteiger partial charge in [0.05, 0.1) is 33.6 Å². The molecule has 0 saturated carbocycles. The van der Waals surface area contributed by atoms with Crippen LogP contribution in [0.25, 0.3) is 11.4 Å². The van der Waals surface area contributed by atoms with Crippen LogP contribution < -0.4 is 9.47 Å². The van der Waals surface area contributed by atoms with Gasteiger partial charge in [-0.05, 0) is 29.8 Å². The van der Waals surface area contributed by atoms with E-state index in [0.717, 1.165) is 5.56 Å². The maximum absolute atomic E-state index is 12.9. The van der Waals surface area contributed by atoms with Crippen LogP contribution in [0.15, 0.2) is 75.9 Å². The molecule has 0 N–H and O–H groups in total. The molecule has 0 bridgehead atoms. The van der Waals surface area contributed by atoms with Gasteiger partial charge in [0.15, 0.2) is 0 Å². The molecule has 2 aromatic carbocycles. The smallest absolute Gasteiger partial charge is 0.249 e. The first-order valence-corrected chi connectivity index (χ1v) is 11.1. The number of ether oxygens (including phenoxy) is 3. The van der Waals surface area contributed by atoms with E-state index in [1.807, 2.05) is 36.4 Å². The van der Waals surface area contributed by atoms with Crippen molar-refractivity contribution in [1.29, 1.82) is 0 Å². The fraction of sp³-hybridized carbons (Fsp3) is 0.269. The Labute approximate surface area is 203 Å². The Hall–Kier alpha value is -4.11. The molecule has 182 valence electrons. The summed E-state index contributed by atoms with van der Waals surface area (Å²) in [6.07, 6.45) is 1.95. The minimum atomic E-state index is -0.158. The first-order chi connectivity index (χ1) is 17.1. The largest absolute Gasteiger partial charge is 0.497 e. The summed E-state index contributed by atoms with van der Waals surface area (Å²) in [4.78, 5) is 19.0. The summed E-state index contributed by atoms with van der Waals surface area (Å²) in [6, 6.07) is 18.7. The summed E-state index contributed by atoms with van der Waals surface area (Å²) in [7, 11) is 3.16. The van der Waals surface area contributed by atoms with Gasteiger partial charge in [-0.2, -0.15) is 4.98 Å². The molecular formula is C26H27N3O6. The van der Waals surface area contributed by atoms with Crippen molar-refractivity contribution in [1.82, 2.24) is 15.0 Å². The summed E-state index contributed by atoms with van der Waals surface area (Å²) in [5, 5.41) is 4.08. The molecule has 0 radical (unpaired) electrons. The molecule has 1 amide bonds. The van der Waals surface area contributed by atoms with Crippen molar-refractivity contribution in [2.75, 3.05) is 27.4 Å². The van der Waals surface area contributed by atoms with Gasteiger partial charge < -0.3 is 28.1 Å². The van der Waals surface area contributed by atoms with Crippen molar-refractivity contribution in [2.24, 2.45) is 0 Å². The average Bonchev–Trinajstić information content (AvgIpc) is 3.59. The third kappa shape index (κ3) is 6.70. The van der Waals surface area contributed by atoms with E-state index >= 15 is 0 Å². The van der Waals surface area contributed by atoms with Crippen LogP contribution in [0, 0.1) is 0 Å². The van der Waals surface area contributed by atoms with Gasteiger partial charge in [-0.3, -0.25) is 4.79 Å². The van der Waals surface area contributed by atoms with Gasteiger partial charge in [0.25, 0.3) is 0 Å². The van der Waals surface area contributed by atoms with Crippen molar-refractivity contribution in [3.8, 4) is 22.9 Å². The molecule has 4 aromatic rings. The highest BCUT2D eigenvalue weighted by Gasteiger charge is 2.18. The van der Waals surface area contributed by atoms with Crippen molar-refractivity contribution in [2.45, 2.75) is 19.6 Å². The Morgan fingerprint density at radius 1 is 1.00 bits per heavy atom. The quantitative estimate of drug-likeness (QED) is 0.300. The van der Waals surface area contributed by atoms with E-state index in [9.17, 15) is 4.79 Å². The van der Waals surface area contributed by atoms with Crippen LogP contribution in [-0.4, -0.2) is 48.3 Å². The number of hydrogen-bond donors (Lipinski definition) is 0. The van der Waals surface area contributed by atoms with Gasteiger partial charge in [-0.25, -0.2) is 0 Å². The zero-order valence-electron chi connectivity index (χ0n) is 19.7. The van der Waals surface area contributed by atoms with Crippen molar-refractivity contribution in [3.63, 3.8) is 0 Å². The predicted octanol–water partition coefficient (Wildman–Crippen LogP) is 4.13. The van der Waals surface area contributed by atoms with Crippen molar-refractivity contribution < 1.29 is 27.9 Å². The lowest BCUT2D eigenvalue weighted by Gasteiger charge is -2.21. The number of benzene rings is 2. The second-order valence-corrected chi connectivity index (χ2v) is 7.74. The second-order valence-electron chi connectivity index (χ2n) is 7.74. The van der Waals surface area contributed by atoms with Crippen LogP contribution >= 0.6 is 0 Å². The summed E-state index contributed by atoms with van der Waals surface area (Å²) in [5.41, 5.74) is 1.71. The molecular weight excluding hydrogens is 450 g/mol. The molecule has 0 spiro atoms. The van der Waals surface area contributed by atoms with E-state index in [2.05, 4.69) is 10.1 Å². The van der Waals surface area contributed by atoms with E-state index in [4.69, 9.17) is 23.2 Å². The van der Waals surface area contributed by atoms with Gasteiger partial charge in [-0.1, -0.05) is 35.5 Å². The number of rotatable bonds is 12. The number of hydrogen-bond acceptors (Lipinski definition) is 8. The molecule has 0 atom stereocenters. The van der Waals surface area contributed by atoms with Gasteiger partial charge in [0.2, 0.25) is 17.6 Å². The predicted molar refractivity (Wildman–Crippen MR) is 127 cm³/mol. The minimum Gasteiger partial charge on any atom is -0.497 e. The number of furan rings is 1. The lowest BCUT2D eigenvalue weighted by Crippen LogP contribution is -2.35. The molecule has 9 nitrogen and oxygen atoms in total. The Morgan fingerprint density at radius 3 is 2.46 bits per heavy atom. The number of carbonyl (C=O) groups excluding carboxylic acids is 1. The first-order valence-electron chi connectivity index (χ1n) is 11.1. The topological polar surface area (TPSA) is 100 Å². The van der Waals surface area contributed by atoms with E-state index in [1.165, 1.54) is 0 Å². The Kier molecular flexibility index (Phi) is 8.13.